The number of para-hydroxylation sites is 1. The van der Waals surface area contributed by atoms with Crippen molar-refractivity contribution in [2.45, 2.75) is 12.5 Å². The number of hydrogen-bond donors (Lipinski definition) is 1. The van der Waals surface area contributed by atoms with Gasteiger partial charge in [0.2, 0.25) is 0 Å². The standard InChI is InChI=1S/C13H17NO4/c15-8-4-7-14-9-12(18-13(14)16)10-17-11-5-2-1-3-6-11/h1-3,5-6,12,15H,4,7-10H2. The van der Waals surface area contributed by atoms with Gasteiger partial charge in [0.25, 0.3) is 0 Å². The summed E-state index contributed by atoms with van der Waals surface area (Å²) in [6, 6.07) is 9.42. The lowest BCUT2D eigenvalue weighted by molar-refractivity contribution is 0.102. The van der Waals surface area contributed by atoms with Crippen molar-refractivity contribution in [3.05, 3.63) is 30.3 Å². The molecule has 1 saturated heterocycles. The van der Waals surface area contributed by atoms with Crippen molar-refractivity contribution in [1.82, 2.24) is 4.90 Å². The third-order valence-electron chi connectivity index (χ3n) is 2.71. The number of amides is 1. The molecule has 0 aliphatic carbocycles. The molecule has 0 saturated carbocycles. The third-order valence-corrected chi connectivity index (χ3v) is 2.71. The Labute approximate surface area is 106 Å². The van der Waals surface area contributed by atoms with E-state index in [0.717, 1.165) is 5.75 Å². The zero-order valence-electron chi connectivity index (χ0n) is 10.1. The predicted octanol–water partition coefficient (Wildman–Crippen LogP) is 1.27. The molecule has 1 aromatic rings. The molecule has 2 rings (SSSR count). The Hall–Kier alpha value is -1.75. The van der Waals surface area contributed by atoms with Crippen LogP contribution in [0.25, 0.3) is 0 Å². The summed E-state index contributed by atoms with van der Waals surface area (Å²) in [4.78, 5) is 13.1. The fourth-order valence-corrected chi connectivity index (χ4v) is 1.81. The van der Waals surface area contributed by atoms with Crippen LogP contribution in [0.1, 0.15) is 6.42 Å². The molecule has 1 heterocycles. The van der Waals surface area contributed by atoms with E-state index in [-0.39, 0.29) is 18.8 Å². The van der Waals surface area contributed by atoms with E-state index < -0.39 is 0 Å². The summed E-state index contributed by atoms with van der Waals surface area (Å²) < 4.78 is 10.7. The Morgan fingerprint density at radius 1 is 1.39 bits per heavy atom. The monoisotopic (exact) mass is 251 g/mol. The summed E-state index contributed by atoms with van der Waals surface area (Å²) >= 11 is 0. The smallest absolute Gasteiger partial charge is 0.410 e. The molecule has 1 unspecified atom stereocenters. The molecule has 98 valence electrons. The van der Waals surface area contributed by atoms with E-state index in [0.29, 0.717) is 26.1 Å². The Kier molecular flexibility index (Phi) is 4.41. The quantitative estimate of drug-likeness (QED) is 0.827. The van der Waals surface area contributed by atoms with Gasteiger partial charge in [-0.05, 0) is 18.6 Å². The van der Waals surface area contributed by atoms with Crippen molar-refractivity contribution >= 4 is 6.09 Å². The summed E-state index contributed by atoms with van der Waals surface area (Å²) in [5.74, 6) is 0.766. The molecule has 18 heavy (non-hydrogen) atoms. The van der Waals surface area contributed by atoms with Crippen molar-refractivity contribution in [3.8, 4) is 5.75 Å². The van der Waals surface area contributed by atoms with Gasteiger partial charge in [0.1, 0.15) is 12.4 Å². The van der Waals surface area contributed by atoms with Crippen LogP contribution in [-0.4, -0.2) is 48.5 Å². The molecule has 5 nitrogen and oxygen atoms in total. The van der Waals surface area contributed by atoms with Crippen LogP contribution in [0.3, 0.4) is 0 Å². The summed E-state index contributed by atoms with van der Waals surface area (Å²) in [6.07, 6.45) is 0.00275. The Morgan fingerprint density at radius 3 is 2.89 bits per heavy atom. The van der Waals surface area contributed by atoms with E-state index in [1.807, 2.05) is 30.3 Å². The molecule has 0 aromatic heterocycles. The number of cyclic esters (lactones) is 1. The first-order chi connectivity index (χ1) is 8.79. The highest BCUT2D eigenvalue weighted by Crippen LogP contribution is 2.14. The fourth-order valence-electron chi connectivity index (χ4n) is 1.81. The maximum absolute atomic E-state index is 11.5. The molecule has 1 amide bonds. The number of hydrogen-bond acceptors (Lipinski definition) is 4. The second-order valence-electron chi connectivity index (χ2n) is 4.15. The van der Waals surface area contributed by atoms with Gasteiger partial charge in [0, 0.05) is 13.2 Å². The van der Waals surface area contributed by atoms with E-state index in [1.165, 1.54) is 0 Å². The molecule has 1 fully saturated rings. The van der Waals surface area contributed by atoms with E-state index in [1.54, 1.807) is 4.90 Å². The van der Waals surface area contributed by atoms with Gasteiger partial charge >= 0.3 is 6.09 Å². The van der Waals surface area contributed by atoms with Gasteiger partial charge in [-0.1, -0.05) is 18.2 Å². The number of aliphatic hydroxyl groups is 1. The minimum Gasteiger partial charge on any atom is -0.490 e. The lowest BCUT2D eigenvalue weighted by Crippen LogP contribution is -2.28. The van der Waals surface area contributed by atoms with Crippen LogP contribution in [0.5, 0.6) is 5.75 Å². The first-order valence-electron chi connectivity index (χ1n) is 6.04. The highest BCUT2D eigenvalue weighted by molar-refractivity contribution is 5.69. The largest absolute Gasteiger partial charge is 0.490 e. The molecule has 1 atom stereocenters. The summed E-state index contributed by atoms with van der Waals surface area (Å²) in [7, 11) is 0. The molecule has 1 aliphatic heterocycles. The molecule has 1 aliphatic rings. The van der Waals surface area contributed by atoms with E-state index in [9.17, 15) is 4.79 Å². The lowest BCUT2D eigenvalue weighted by atomic mass is 10.3. The van der Waals surface area contributed by atoms with Crippen LogP contribution < -0.4 is 4.74 Å². The van der Waals surface area contributed by atoms with Crippen LogP contribution in [0.15, 0.2) is 30.3 Å². The highest BCUT2D eigenvalue weighted by Gasteiger charge is 2.31. The SMILES string of the molecule is O=C1OC(COc2ccccc2)CN1CCCO. The summed E-state index contributed by atoms with van der Waals surface area (Å²) in [5.41, 5.74) is 0. The van der Waals surface area contributed by atoms with Gasteiger partial charge in [-0.2, -0.15) is 0 Å². The first-order valence-corrected chi connectivity index (χ1v) is 6.04. The number of aliphatic hydroxyl groups excluding tert-OH is 1. The van der Waals surface area contributed by atoms with Crippen LogP contribution in [0.4, 0.5) is 4.79 Å². The number of rotatable bonds is 6. The van der Waals surface area contributed by atoms with Crippen molar-refractivity contribution < 1.29 is 19.4 Å². The topological polar surface area (TPSA) is 59.0 Å². The van der Waals surface area contributed by atoms with Crippen molar-refractivity contribution in [3.63, 3.8) is 0 Å². The van der Waals surface area contributed by atoms with Gasteiger partial charge in [-0.3, -0.25) is 0 Å². The average molecular weight is 251 g/mol. The number of carbonyl (C=O) groups excluding carboxylic acids is 1. The van der Waals surface area contributed by atoms with Crippen molar-refractivity contribution in [2.24, 2.45) is 0 Å². The van der Waals surface area contributed by atoms with Crippen LogP contribution >= 0.6 is 0 Å². The lowest BCUT2D eigenvalue weighted by Gasteiger charge is -2.12. The van der Waals surface area contributed by atoms with Gasteiger partial charge in [0.05, 0.1) is 6.54 Å². The number of ether oxygens (including phenoxy) is 2. The molecule has 5 heteroatoms. The van der Waals surface area contributed by atoms with Crippen LogP contribution in [-0.2, 0) is 4.74 Å². The minimum atomic E-state index is -0.329. The van der Waals surface area contributed by atoms with Crippen molar-refractivity contribution in [2.75, 3.05) is 26.3 Å². The highest BCUT2D eigenvalue weighted by atomic mass is 16.6. The number of benzene rings is 1. The third kappa shape index (κ3) is 3.37. The van der Waals surface area contributed by atoms with Gasteiger partial charge in [-0.15, -0.1) is 0 Å². The zero-order chi connectivity index (χ0) is 12.8. The second-order valence-corrected chi connectivity index (χ2v) is 4.15. The van der Waals surface area contributed by atoms with Gasteiger partial charge in [-0.25, -0.2) is 4.79 Å². The molecular formula is C13H17NO4. The second kappa shape index (κ2) is 6.26. The summed E-state index contributed by atoms with van der Waals surface area (Å²) in [5, 5.41) is 8.73. The maximum Gasteiger partial charge on any atom is 0.410 e. The van der Waals surface area contributed by atoms with Gasteiger partial charge in [0.15, 0.2) is 6.10 Å². The Bertz CT molecular complexity index is 382. The molecule has 0 bridgehead atoms. The number of carbonyl (C=O) groups is 1. The van der Waals surface area contributed by atoms with Crippen LogP contribution in [0.2, 0.25) is 0 Å². The molecule has 0 spiro atoms. The van der Waals surface area contributed by atoms with E-state index in [4.69, 9.17) is 14.6 Å². The van der Waals surface area contributed by atoms with Crippen molar-refractivity contribution in [1.29, 1.82) is 0 Å². The average Bonchev–Trinajstić information content (AvgIpc) is 2.76. The summed E-state index contributed by atoms with van der Waals surface area (Å²) in [6.45, 7) is 1.48. The van der Waals surface area contributed by atoms with E-state index >= 15 is 0 Å². The normalized spacial score (nSPS) is 18.8. The molecule has 0 radical (unpaired) electrons. The maximum atomic E-state index is 11.5. The first kappa shape index (κ1) is 12.7. The molecule has 1 N–H and O–H groups in total. The number of nitrogens with zero attached hydrogens (tertiary/aromatic N) is 1. The Morgan fingerprint density at radius 2 is 2.17 bits per heavy atom. The Balaban J connectivity index is 1.77. The fraction of sp³-hybridized carbons (Fsp3) is 0.462. The molecular weight excluding hydrogens is 234 g/mol. The van der Waals surface area contributed by atoms with Crippen LogP contribution in [0, 0.1) is 0 Å². The molecule has 1 aromatic carbocycles. The van der Waals surface area contributed by atoms with E-state index in [2.05, 4.69) is 0 Å². The van der Waals surface area contributed by atoms with Gasteiger partial charge < -0.3 is 19.5 Å². The zero-order valence-corrected chi connectivity index (χ0v) is 10.1. The minimum absolute atomic E-state index is 0.0783. The predicted molar refractivity (Wildman–Crippen MR) is 65.5 cm³/mol.